The summed E-state index contributed by atoms with van der Waals surface area (Å²) in [5.74, 6) is 0. The molecule has 0 atom stereocenters. The molecule has 2 aromatic rings. The van der Waals surface area contributed by atoms with Gasteiger partial charge in [-0.3, -0.25) is 0 Å². The van der Waals surface area contributed by atoms with E-state index in [4.69, 9.17) is 0 Å². The summed E-state index contributed by atoms with van der Waals surface area (Å²) in [6.07, 6.45) is 5.94. The molecule has 1 aromatic carbocycles. The number of benzene rings is 1. The average molecular weight is 306 g/mol. The van der Waals surface area contributed by atoms with Crippen molar-refractivity contribution in [1.29, 1.82) is 0 Å². The minimum atomic E-state index is -3.47. The third-order valence-electron chi connectivity index (χ3n) is 3.57. The molecular formula is C14H18N4O2S. The number of nitrogens with one attached hydrogen (secondary N) is 3. The second-order valence-corrected chi connectivity index (χ2v) is 6.84. The summed E-state index contributed by atoms with van der Waals surface area (Å²) in [5, 5.41) is 3.25. The van der Waals surface area contributed by atoms with Crippen molar-refractivity contribution in [2.45, 2.75) is 24.2 Å². The van der Waals surface area contributed by atoms with Gasteiger partial charge in [0.25, 0.3) is 0 Å². The minimum Gasteiger partial charge on any atom is -0.385 e. The Hall–Kier alpha value is -1.86. The number of imidazole rings is 1. The van der Waals surface area contributed by atoms with E-state index in [0.29, 0.717) is 17.9 Å². The van der Waals surface area contributed by atoms with Crippen LogP contribution in [0.4, 0.5) is 5.69 Å². The van der Waals surface area contributed by atoms with E-state index in [9.17, 15) is 8.42 Å². The molecule has 1 aliphatic rings. The number of nitrogens with zero attached hydrogens (tertiary/aromatic N) is 1. The predicted octanol–water partition coefficient (Wildman–Crippen LogP) is 1.29. The maximum atomic E-state index is 12.3. The van der Waals surface area contributed by atoms with Crippen molar-refractivity contribution in [3.05, 3.63) is 42.0 Å². The fourth-order valence-corrected chi connectivity index (χ4v) is 3.49. The highest BCUT2D eigenvalue weighted by Gasteiger charge is 2.17. The first-order valence-electron chi connectivity index (χ1n) is 6.99. The minimum absolute atomic E-state index is 0.306. The van der Waals surface area contributed by atoms with Crippen molar-refractivity contribution in [2.75, 3.05) is 18.4 Å². The van der Waals surface area contributed by atoms with Crippen LogP contribution in [-0.4, -0.2) is 31.5 Å². The van der Waals surface area contributed by atoms with Crippen LogP contribution in [0.15, 0.2) is 35.6 Å². The average Bonchev–Trinajstić information content (AvgIpc) is 3.00. The van der Waals surface area contributed by atoms with E-state index in [2.05, 4.69) is 20.0 Å². The lowest BCUT2D eigenvalue weighted by Gasteiger charge is -2.18. The van der Waals surface area contributed by atoms with Crippen LogP contribution in [0.3, 0.4) is 0 Å². The van der Waals surface area contributed by atoms with Crippen LogP contribution in [0.1, 0.15) is 17.7 Å². The Kier molecular flexibility index (Phi) is 3.94. The molecule has 2 heterocycles. The molecule has 0 fully saturated rings. The zero-order chi connectivity index (χ0) is 14.7. The van der Waals surface area contributed by atoms with Crippen molar-refractivity contribution in [3.8, 4) is 0 Å². The summed E-state index contributed by atoms with van der Waals surface area (Å²) in [7, 11) is -3.47. The first kappa shape index (κ1) is 14.1. The van der Waals surface area contributed by atoms with Gasteiger partial charge in [-0.05, 0) is 30.5 Å². The molecule has 21 heavy (non-hydrogen) atoms. The molecule has 112 valence electrons. The Balaban J connectivity index is 1.69. The zero-order valence-electron chi connectivity index (χ0n) is 11.6. The molecular weight excluding hydrogens is 288 g/mol. The summed E-state index contributed by atoms with van der Waals surface area (Å²) in [4.78, 5) is 7.16. The fraction of sp³-hybridized carbons (Fsp3) is 0.357. The second kappa shape index (κ2) is 5.87. The Morgan fingerprint density at radius 2 is 2.24 bits per heavy atom. The molecule has 3 rings (SSSR count). The number of rotatable bonds is 5. The van der Waals surface area contributed by atoms with Gasteiger partial charge in [-0.25, -0.2) is 18.1 Å². The summed E-state index contributed by atoms with van der Waals surface area (Å²) >= 11 is 0. The van der Waals surface area contributed by atoms with E-state index >= 15 is 0 Å². The van der Waals surface area contributed by atoms with Crippen molar-refractivity contribution >= 4 is 15.7 Å². The van der Waals surface area contributed by atoms with Crippen LogP contribution in [0, 0.1) is 0 Å². The van der Waals surface area contributed by atoms with Crippen LogP contribution in [-0.2, 0) is 22.9 Å². The van der Waals surface area contributed by atoms with Crippen molar-refractivity contribution < 1.29 is 8.42 Å². The van der Waals surface area contributed by atoms with Crippen molar-refractivity contribution in [2.24, 2.45) is 0 Å². The number of anilines is 1. The van der Waals surface area contributed by atoms with E-state index < -0.39 is 10.0 Å². The van der Waals surface area contributed by atoms with Gasteiger partial charge in [0.05, 0.1) is 11.2 Å². The standard InChI is InChI=1S/C14H18N4O2S/c19-21(20,18-7-5-12-9-15-10-17-12)13-4-3-11-2-1-6-16-14(11)8-13/h3-4,8-10,16,18H,1-2,5-7H2,(H,15,17). The SMILES string of the molecule is O=S(=O)(NCCc1cnc[nH]1)c1ccc2c(c1)NCCC2. The summed E-state index contributed by atoms with van der Waals surface area (Å²) in [5.41, 5.74) is 3.01. The molecule has 6 nitrogen and oxygen atoms in total. The highest BCUT2D eigenvalue weighted by molar-refractivity contribution is 7.89. The maximum absolute atomic E-state index is 12.3. The molecule has 0 saturated carbocycles. The summed E-state index contributed by atoms with van der Waals surface area (Å²) < 4.78 is 27.2. The topological polar surface area (TPSA) is 86.9 Å². The van der Waals surface area contributed by atoms with E-state index in [-0.39, 0.29) is 0 Å². The number of hydrogen-bond donors (Lipinski definition) is 3. The van der Waals surface area contributed by atoms with E-state index in [1.165, 1.54) is 5.56 Å². The van der Waals surface area contributed by atoms with Crippen LogP contribution in [0.2, 0.25) is 0 Å². The smallest absolute Gasteiger partial charge is 0.240 e. The maximum Gasteiger partial charge on any atom is 0.240 e. The van der Waals surface area contributed by atoms with E-state index in [1.54, 1.807) is 24.7 Å². The van der Waals surface area contributed by atoms with Crippen LogP contribution >= 0.6 is 0 Å². The Bertz CT molecular complexity index is 711. The Morgan fingerprint density at radius 3 is 3.05 bits per heavy atom. The number of aromatic nitrogens is 2. The molecule has 0 unspecified atom stereocenters. The van der Waals surface area contributed by atoms with Gasteiger partial charge in [0, 0.05) is 37.1 Å². The fourth-order valence-electron chi connectivity index (χ4n) is 2.43. The molecule has 0 aliphatic carbocycles. The number of H-pyrrole nitrogens is 1. The largest absolute Gasteiger partial charge is 0.385 e. The molecule has 0 spiro atoms. The first-order chi connectivity index (χ1) is 10.1. The van der Waals surface area contributed by atoms with Gasteiger partial charge >= 0.3 is 0 Å². The highest BCUT2D eigenvalue weighted by Crippen LogP contribution is 2.24. The number of aryl methyl sites for hydroxylation is 1. The lowest BCUT2D eigenvalue weighted by atomic mass is 10.0. The molecule has 3 N–H and O–H groups in total. The number of fused-ring (bicyclic) bond motifs is 1. The number of hydrogen-bond acceptors (Lipinski definition) is 4. The number of sulfonamides is 1. The second-order valence-electron chi connectivity index (χ2n) is 5.07. The summed E-state index contributed by atoms with van der Waals surface area (Å²) in [6, 6.07) is 5.28. The van der Waals surface area contributed by atoms with Gasteiger partial charge in [-0.1, -0.05) is 6.07 Å². The molecule has 0 bridgehead atoms. The van der Waals surface area contributed by atoms with Gasteiger partial charge in [0.1, 0.15) is 0 Å². The van der Waals surface area contributed by atoms with E-state index in [0.717, 1.165) is 30.8 Å². The van der Waals surface area contributed by atoms with Crippen molar-refractivity contribution in [1.82, 2.24) is 14.7 Å². The molecule has 1 aromatic heterocycles. The third kappa shape index (κ3) is 3.25. The zero-order valence-corrected chi connectivity index (χ0v) is 12.4. The Morgan fingerprint density at radius 1 is 1.33 bits per heavy atom. The van der Waals surface area contributed by atoms with Crippen molar-refractivity contribution in [3.63, 3.8) is 0 Å². The van der Waals surface area contributed by atoms with E-state index in [1.807, 2.05) is 6.07 Å². The first-order valence-corrected chi connectivity index (χ1v) is 8.47. The highest BCUT2D eigenvalue weighted by atomic mass is 32.2. The molecule has 0 amide bonds. The molecule has 1 aliphatic heterocycles. The quantitative estimate of drug-likeness (QED) is 0.777. The third-order valence-corrected chi connectivity index (χ3v) is 5.03. The van der Waals surface area contributed by atoms with Crippen LogP contribution in [0.5, 0.6) is 0 Å². The van der Waals surface area contributed by atoms with Gasteiger partial charge in [0.2, 0.25) is 10.0 Å². The normalized spacial score (nSPS) is 14.5. The molecule has 0 saturated heterocycles. The van der Waals surface area contributed by atoms with Gasteiger partial charge in [-0.2, -0.15) is 0 Å². The monoisotopic (exact) mass is 306 g/mol. The van der Waals surface area contributed by atoms with Crippen LogP contribution < -0.4 is 10.0 Å². The van der Waals surface area contributed by atoms with Crippen LogP contribution in [0.25, 0.3) is 0 Å². The van der Waals surface area contributed by atoms with Gasteiger partial charge < -0.3 is 10.3 Å². The lowest BCUT2D eigenvalue weighted by molar-refractivity contribution is 0.581. The van der Waals surface area contributed by atoms with Gasteiger partial charge in [0.15, 0.2) is 0 Å². The molecule has 7 heteroatoms. The lowest BCUT2D eigenvalue weighted by Crippen LogP contribution is -2.26. The molecule has 0 radical (unpaired) electrons. The van der Waals surface area contributed by atoms with Gasteiger partial charge in [-0.15, -0.1) is 0 Å². The summed E-state index contributed by atoms with van der Waals surface area (Å²) in [6.45, 7) is 1.23. The Labute approximate surface area is 124 Å². The predicted molar refractivity (Wildman–Crippen MR) is 80.7 cm³/mol. The number of aromatic amines is 1.